The van der Waals surface area contributed by atoms with Crippen molar-refractivity contribution in [2.45, 2.75) is 45.6 Å². The highest BCUT2D eigenvalue weighted by molar-refractivity contribution is 5.97. The van der Waals surface area contributed by atoms with Crippen molar-refractivity contribution in [2.24, 2.45) is 5.92 Å². The number of aliphatic hydroxyl groups is 2. The number of ketones is 2. The molecule has 5 nitrogen and oxygen atoms in total. The molecule has 1 aromatic carbocycles. The molecule has 0 spiro atoms. The Kier molecular flexibility index (Phi) is 5.13. The van der Waals surface area contributed by atoms with Gasteiger partial charge in [-0.2, -0.15) is 0 Å². The molecular formula is C19H24O5. The van der Waals surface area contributed by atoms with Gasteiger partial charge in [0.1, 0.15) is 17.3 Å². The zero-order valence-electron chi connectivity index (χ0n) is 14.5. The van der Waals surface area contributed by atoms with Crippen molar-refractivity contribution < 1.29 is 24.5 Å². The molecule has 0 saturated carbocycles. The first kappa shape index (κ1) is 18.2. The molecule has 0 heterocycles. The topological polar surface area (TPSA) is 83.8 Å². The maximum Gasteiger partial charge on any atom is 0.159 e. The van der Waals surface area contributed by atoms with Crippen molar-refractivity contribution in [3.05, 3.63) is 41.2 Å². The van der Waals surface area contributed by atoms with E-state index in [-0.39, 0.29) is 29.3 Å². The Morgan fingerprint density at radius 2 is 1.83 bits per heavy atom. The maximum absolute atomic E-state index is 12.2. The standard InChI is InChI=1S/C19H24O5/c1-5-24-14-8-6-13(7-9-14)17-16(11(2)20)15(22)10-19(4,23)18(17)12(3)21/h6-9,17-18,22-23H,5,10H2,1-4H3/t17-,18-,19-/m1/s1. The van der Waals surface area contributed by atoms with E-state index in [1.807, 2.05) is 6.92 Å². The predicted octanol–water partition coefficient (Wildman–Crippen LogP) is 2.93. The maximum atomic E-state index is 12.2. The summed E-state index contributed by atoms with van der Waals surface area (Å²) in [4.78, 5) is 24.3. The molecule has 130 valence electrons. The van der Waals surface area contributed by atoms with Crippen LogP contribution in [0.2, 0.25) is 0 Å². The second-order valence-corrected chi connectivity index (χ2v) is 6.52. The van der Waals surface area contributed by atoms with Gasteiger partial charge in [0.2, 0.25) is 0 Å². The van der Waals surface area contributed by atoms with Crippen LogP contribution in [0.25, 0.3) is 0 Å². The van der Waals surface area contributed by atoms with Crippen LogP contribution in [0.4, 0.5) is 0 Å². The summed E-state index contributed by atoms with van der Waals surface area (Å²) in [5, 5.41) is 21.0. The average Bonchev–Trinajstić information content (AvgIpc) is 2.45. The van der Waals surface area contributed by atoms with E-state index in [1.165, 1.54) is 20.8 Å². The summed E-state index contributed by atoms with van der Waals surface area (Å²) < 4.78 is 5.41. The van der Waals surface area contributed by atoms with Crippen molar-refractivity contribution in [1.82, 2.24) is 0 Å². The fourth-order valence-corrected chi connectivity index (χ4v) is 3.64. The number of carbonyl (C=O) groups excluding carboxylic acids is 2. The van der Waals surface area contributed by atoms with Crippen molar-refractivity contribution in [2.75, 3.05) is 6.61 Å². The Morgan fingerprint density at radius 3 is 2.29 bits per heavy atom. The fourth-order valence-electron chi connectivity index (χ4n) is 3.64. The van der Waals surface area contributed by atoms with E-state index < -0.39 is 17.4 Å². The molecule has 2 rings (SSSR count). The SMILES string of the molecule is CCOc1ccc([C@@H]2C(C(C)=O)=C(O)C[C@@](C)(O)[C@@H]2C(C)=O)cc1. The van der Waals surface area contributed by atoms with Crippen molar-refractivity contribution in [3.8, 4) is 5.75 Å². The summed E-state index contributed by atoms with van der Waals surface area (Å²) in [7, 11) is 0. The lowest BCUT2D eigenvalue weighted by atomic mass is 9.64. The molecule has 5 heteroatoms. The summed E-state index contributed by atoms with van der Waals surface area (Å²) in [5.41, 5.74) is -0.528. The van der Waals surface area contributed by atoms with Gasteiger partial charge < -0.3 is 14.9 Å². The van der Waals surface area contributed by atoms with Crippen LogP contribution in [-0.2, 0) is 9.59 Å². The summed E-state index contributed by atoms with van der Waals surface area (Å²) in [6.07, 6.45) is -0.111. The largest absolute Gasteiger partial charge is 0.512 e. The highest BCUT2D eigenvalue weighted by Crippen LogP contribution is 2.47. The fraction of sp³-hybridized carbons (Fsp3) is 0.474. The smallest absolute Gasteiger partial charge is 0.159 e. The minimum absolute atomic E-state index is 0.111. The second-order valence-electron chi connectivity index (χ2n) is 6.52. The van der Waals surface area contributed by atoms with Crippen LogP contribution in [-0.4, -0.2) is 34.0 Å². The average molecular weight is 332 g/mol. The van der Waals surface area contributed by atoms with Crippen molar-refractivity contribution >= 4 is 11.6 Å². The molecule has 1 aliphatic rings. The minimum Gasteiger partial charge on any atom is -0.512 e. The molecule has 0 aliphatic heterocycles. The van der Waals surface area contributed by atoms with E-state index in [1.54, 1.807) is 24.3 Å². The van der Waals surface area contributed by atoms with E-state index in [4.69, 9.17) is 4.74 Å². The molecule has 2 N–H and O–H groups in total. The molecule has 3 atom stereocenters. The summed E-state index contributed by atoms with van der Waals surface area (Å²) in [5.74, 6) is -1.47. The lowest BCUT2D eigenvalue weighted by Crippen LogP contribution is -2.47. The molecule has 0 amide bonds. The highest BCUT2D eigenvalue weighted by atomic mass is 16.5. The van der Waals surface area contributed by atoms with Crippen molar-refractivity contribution in [3.63, 3.8) is 0 Å². The number of rotatable bonds is 5. The lowest BCUT2D eigenvalue weighted by molar-refractivity contribution is -0.132. The number of hydrogen-bond acceptors (Lipinski definition) is 5. The molecule has 0 aromatic heterocycles. The van der Waals surface area contributed by atoms with Gasteiger partial charge in [-0.1, -0.05) is 12.1 Å². The first-order chi connectivity index (χ1) is 11.2. The molecule has 0 radical (unpaired) electrons. The van der Waals surface area contributed by atoms with Gasteiger partial charge in [-0.3, -0.25) is 9.59 Å². The van der Waals surface area contributed by atoms with E-state index in [0.29, 0.717) is 17.9 Å². The normalized spacial score (nSPS) is 27.0. The molecule has 0 unspecified atom stereocenters. The lowest BCUT2D eigenvalue weighted by Gasteiger charge is -2.42. The summed E-state index contributed by atoms with van der Waals surface area (Å²) >= 11 is 0. The van der Waals surface area contributed by atoms with Crippen LogP contribution in [0.3, 0.4) is 0 Å². The van der Waals surface area contributed by atoms with Crippen LogP contribution >= 0.6 is 0 Å². The summed E-state index contributed by atoms with van der Waals surface area (Å²) in [6.45, 7) is 6.71. The molecular weight excluding hydrogens is 308 g/mol. The third-order valence-electron chi connectivity index (χ3n) is 4.52. The van der Waals surface area contributed by atoms with Crippen LogP contribution < -0.4 is 4.74 Å². The predicted molar refractivity (Wildman–Crippen MR) is 90.1 cm³/mol. The Balaban J connectivity index is 2.59. The van der Waals surface area contributed by atoms with Gasteiger partial charge >= 0.3 is 0 Å². The van der Waals surface area contributed by atoms with Gasteiger partial charge in [-0.05, 0) is 45.4 Å². The second kappa shape index (κ2) is 6.77. The first-order valence-corrected chi connectivity index (χ1v) is 8.07. The Morgan fingerprint density at radius 1 is 1.25 bits per heavy atom. The third-order valence-corrected chi connectivity index (χ3v) is 4.52. The number of hydrogen-bond donors (Lipinski definition) is 2. The zero-order chi connectivity index (χ0) is 18.1. The monoisotopic (exact) mass is 332 g/mol. The zero-order valence-corrected chi connectivity index (χ0v) is 14.5. The molecule has 0 saturated heterocycles. The van der Waals surface area contributed by atoms with Gasteiger partial charge in [0, 0.05) is 17.9 Å². The van der Waals surface area contributed by atoms with Crippen LogP contribution in [0.5, 0.6) is 5.75 Å². The number of allylic oxidation sites excluding steroid dienone is 1. The molecule has 1 aliphatic carbocycles. The van der Waals surface area contributed by atoms with E-state index >= 15 is 0 Å². The van der Waals surface area contributed by atoms with E-state index in [2.05, 4.69) is 0 Å². The Hall–Kier alpha value is -2.14. The number of aliphatic hydroxyl groups excluding tert-OH is 1. The van der Waals surface area contributed by atoms with Crippen LogP contribution in [0.1, 0.15) is 45.6 Å². The molecule has 0 fully saturated rings. The van der Waals surface area contributed by atoms with E-state index in [0.717, 1.165) is 0 Å². The number of benzene rings is 1. The van der Waals surface area contributed by atoms with Crippen LogP contribution in [0.15, 0.2) is 35.6 Å². The van der Waals surface area contributed by atoms with E-state index in [9.17, 15) is 19.8 Å². The summed E-state index contributed by atoms with van der Waals surface area (Å²) in [6, 6.07) is 7.05. The molecule has 0 bridgehead atoms. The Labute approximate surface area is 142 Å². The van der Waals surface area contributed by atoms with Crippen LogP contribution in [0, 0.1) is 5.92 Å². The van der Waals surface area contributed by atoms with Gasteiger partial charge in [0.05, 0.1) is 18.1 Å². The van der Waals surface area contributed by atoms with Crippen molar-refractivity contribution in [1.29, 1.82) is 0 Å². The Bertz CT molecular complexity index is 670. The quantitative estimate of drug-likeness (QED) is 0.866. The van der Waals surface area contributed by atoms with Gasteiger partial charge in [0.15, 0.2) is 5.78 Å². The minimum atomic E-state index is -1.42. The third kappa shape index (κ3) is 3.36. The molecule has 1 aromatic rings. The number of ether oxygens (including phenoxy) is 1. The van der Waals surface area contributed by atoms with Gasteiger partial charge in [-0.15, -0.1) is 0 Å². The number of Topliss-reactive ketones (excluding diaryl/α,β-unsaturated/α-hetero) is 2. The van der Waals surface area contributed by atoms with Gasteiger partial charge in [0.25, 0.3) is 0 Å². The number of carbonyl (C=O) groups is 2. The van der Waals surface area contributed by atoms with Gasteiger partial charge in [-0.25, -0.2) is 0 Å². The molecule has 24 heavy (non-hydrogen) atoms. The highest BCUT2D eigenvalue weighted by Gasteiger charge is 2.49. The first-order valence-electron chi connectivity index (χ1n) is 8.07.